The number of amides is 3. The molecule has 0 aliphatic carbocycles. The van der Waals surface area contributed by atoms with Crippen molar-refractivity contribution in [2.24, 2.45) is 0 Å². The van der Waals surface area contributed by atoms with Gasteiger partial charge >= 0.3 is 0 Å². The van der Waals surface area contributed by atoms with Gasteiger partial charge in [-0.25, -0.2) is 12.7 Å². The topological polar surface area (TPSA) is 118 Å². The normalized spacial score (nSPS) is 16.1. The van der Waals surface area contributed by atoms with Crippen LogP contribution in [0.2, 0.25) is 0 Å². The van der Waals surface area contributed by atoms with E-state index in [1.165, 1.54) is 24.3 Å². The number of benzene rings is 2. The lowest BCUT2D eigenvalue weighted by molar-refractivity contribution is -0.116. The van der Waals surface area contributed by atoms with E-state index >= 15 is 0 Å². The van der Waals surface area contributed by atoms with Gasteiger partial charge in [-0.2, -0.15) is 0 Å². The zero-order valence-electron chi connectivity index (χ0n) is 16.0. The van der Waals surface area contributed by atoms with Crippen LogP contribution in [0.4, 0.5) is 5.69 Å². The van der Waals surface area contributed by atoms with E-state index in [0.29, 0.717) is 27.8 Å². The van der Waals surface area contributed by atoms with E-state index in [0.717, 1.165) is 5.69 Å². The van der Waals surface area contributed by atoms with Crippen molar-refractivity contribution in [3.05, 3.63) is 77.6 Å². The molecule has 3 amide bonds. The second-order valence-corrected chi connectivity index (χ2v) is 8.98. The lowest BCUT2D eigenvalue weighted by Crippen LogP contribution is -2.37. The number of carbonyl (C=O) groups is 3. The molecule has 0 saturated heterocycles. The summed E-state index contributed by atoms with van der Waals surface area (Å²) < 4.78 is 27.7. The smallest absolute Gasteiger partial charge is 0.269 e. The Bertz CT molecular complexity index is 1380. The highest BCUT2D eigenvalue weighted by Gasteiger charge is 2.41. The van der Waals surface area contributed by atoms with Crippen molar-refractivity contribution < 1.29 is 22.8 Å². The third kappa shape index (κ3) is 2.99. The summed E-state index contributed by atoms with van der Waals surface area (Å²) in [6, 6.07) is 14.4. The standard InChI is InChI=1S/C21H16N4O5S/c26-19(12-25-21(28)15-5-1-2-6-18(15)31(25,29)30)23-13-7-8-17-16(10-13)20(27)22-11-14-4-3-9-24(14)17/h1-10H,11-12H2,(H,22,27)(H,23,26). The van der Waals surface area contributed by atoms with E-state index in [1.807, 2.05) is 22.9 Å². The molecule has 0 fully saturated rings. The fourth-order valence-corrected chi connectivity index (χ4v) is 5.31. The summed E-state index contributed by atoms with van der Waals surface area (Å²) in [7, 11) is -4.08. The van der Waals surface area contributed by atoms with Crippen molar-refractivity contribution in [2.75, 3.05) is 11.9 Å². The highest BCUT2D eigenvalue weighted by Crippen LogP contribution is 2.30. The summed E-state index contributed by atoms with van der Waals surface area (Å²) in [5.41, 5.74) is 2.31. The van der Waals surface area contributed by atoms with Gasteiger partial charge in [0.2, 0.25) is 5.91 Å². The first-order chi connectivity index (χ1) is 14.9. The minimum atomic E-state index is -4.08. The summed E-state index contributed by atoms with van der Waals surface area (Å²) in [4.78, 5) is 37.4. The lowest BCUT2D eigenvalue weighted by atomic mass is 10.1. The minimum Gasteiger partial charge on any atom is -0.346 e. The minimum absolute atomic E-state index is 0.0412. The molecule has 2 aliphatic rings. The van der Waals surface area contributed by atoms with E-state index < -0.39 is 28.4 Å². The quantitative estimate of drug-likeness (QED) is 0.645. The predicted octanol–water partition coefficient (Wildman–Crippen LogP) is 1.50. The number of carbonyl (C=O) groups excluding carboxylic acids is 3. The maximum absolute atomic E-state index is 12.6. The number of aromatic nitrogens is 1. The van der Waals surface area contributed by atoms with Crippen LogP contribution in [0.3, 0.4) is 0 Å². The van der Waals surface area contributed by atoms with Crippen molar-refractivity contribution in [3.8, 4) is 5.69 Å². The number of hydrogen-bond acceptors (Lipinski definition) is 5. The summed E-state index contributed by atoms with van der Waals surface area (Å²) in [6.07, 6.45) is 1.84. The molecular formula is C21H16N4O5S. The first kappa shape index (κ1) is 19.1. The molecule has 156 valence electrons. The Morgan fingerprint density at radius 2 is 1.84 bits per heavy atom. The van der Waals surface area contributed by atoms with Crippen LogP contribution >= 0.6 is 0 Å². The van der Waals surface area contributed by atoms with Crippen LogP contribution in [-0.4, -0.2) is 41.6 Å². The summed E-state index contributed by atoms with van der Waals surface area (Å²) in [6.45, 7) is -0.293. The molecule has 0 atom stereocenters. The van der Waals surface area contributed by atoms with Crippen molar-refractivity contribution in [1.82, 2.24) is 14.2 Å². The van der Waals surface area contributed by atoms with Crippen LogP contribution in [0.25, 0.3) is 5.69 Å². The van der Waals surface area contributed by atoms with E-state index in [1.54, 1.807) is 18.2 Å². The number of sulfonamides is 1. The highest BCUT2D eigenvalue weighted by atomic mass is 32.2. The third-order valence-corrected chi connectivity index (χ3v) is 7.03. The SMILES string of the molecule is O=C(CN1C(=O)c2ccccc2S1(=O)=O)Nc1ccc2c(c1)C(=O)NCc1cccn1-2. The van der Waals surface area contributed by atoms with Crippen LogP contribution in [0.15, 0.2) is 65.7 Å². The second kappa shape index (κ2) is 6.81. The van der Waals surface area contributed by atoms with Crippen molar-refractivity contribution >= 4 is 33.4 Å². The average molecular weight is 436 g/mol. The largest absolute Gasteiger partial charge is 0.346 e. The molecule has 9 nitrogen and oxygen atoms in total. The Morgan fingerprint density at radius 3 is 2.65 bits per heavy atom. The molecule has 1 aromatic heterocycles. The first-order valence-corrected chi connectivity index (χ1v) is 10.8. The second-order valence-electron chi connectivity index (χ2n) is 7.15. The molecular weight excluding hydrogens is 420 g/mol. The van der Waals surface area contributed by atoms with Crippen LogP contribution < -0.4 is 10.6 Å². The number of rotatable bonds is 3. The first-order valence-electron chi connectivity index (χ1n) is 9.41. The molecule has 31 heavy (non-hydrogen) atoms. The van der Waals surface area contributed by atoms with Crippen molar-refractivity contribution in [3.63, 3.8) is 0 Å². The Hall–Kier alpha value is -3.92. The van der Waals surface area contributed by atoms with Crippen LogP contribution in [0.5, 0.6) is 0 Å². The van der Waals surface area contributed by atoms with Gasteiger partial charge in [-0.1, -0.05) is 12.1 Å². The number of nitrogens with one attached hydrogen (secondary N) is 2. The molecule has 0 bridgehead atoms. The fourth-order valence-electron chi connectivity index (χ4n) is 3.79. The van der Waals surface area contributed by atoms with E-state index in [-0.39, 0.29) is 16.4 Å². The Labute approximate surface area is 177 Å². The molecule has 2 aromatic carbocycles. The van der Waals surface area contributed by atoms with Gasteiger partial charge in [0.1, 0.15) is 11.4 Å². The van der Waals surface area contributed by atoms with Gasteiger partial charge in [-0.15, -0.1) is 0 Å². The fraction of sp³-hybridized carbons (Fsp3) is 0.0952. The summed E-state index contributed by atoms with van der Waals surface area (Å²) in [5, 5.41) is 5.38. The zero-order valence-corrected chi connectivity index (χ0v) is 16.8. The molecule has 0 spiro atoms. The Balaban J connectivity index is 1.39. The van der Waals surface area contributed by atoms with Gasteiger partial charge in [0.15, 0.2) is 0 Å². The number of hydrogen-bond donors (Lipinski definition) is 2. The van der Waals surface area contributed by atoms with Crippen molar-refractivity contribution in [1.29, 1.82) is 0 Å². The maximum atomic E-state index is 12.6. The number of anilines is 1. The molecule has 10 heteroatoms. The van der Waals surface area contributed by atoms with Gasteiger partial charge < -0.3 is 15.2 Å². The average Bonchev–Trinajstić information content (AvgIpc) is 3.26. The van der Waals surface area contributed by atoms with E-state index in [2.05, 4.69) is 10.6 Å². The van der Waals surface area contributed by atoms with Gasteiger partial charge in [-0.05, 0) is 42.5 Å². The van der Waals surface area contributed by atoms with Crippen LogP contribution in [-0.2, 0) is 21.4 Å². The predicted molar refractivity (Wildman–Crippen MR) is 110 cm³/mol. The van der Waals surface area contributed by atoms with Gasteiger partial charge in [-0.3, -0.25) is 14.4 Å². The third-order valence-electron chi connectivity index (χ3n) is 5.25. The molecule has 0 saturated carbocycles. The van der Waals surface area contributed by atoms with E-state index in [4.69, 9.17) is 0 Å². The van der Waals surface area contributed by atoms with Gasteiger partial charge in [0, 0.05) is 17.6 Å². The molecule has 0 unspecified atom stereocenters. The molecule has 0 radical (unpaired) electrons. The molecule has 3 heterocycles. The summed E-state index contributed by atoms with van der Waals surface area (Å²) in [5.74, 6) is -1.73. The lowest BCUT2D eigenvalue weighted by Gasteiger charge is -2.15. The van der Waals surface area contributed by atoms with Crippen molar-refractivity contribution in [2.45, 2.75) is 11.4 Å². The Kier molecular flexibility index (Phi) is 4.19. The molecule has 2 aliphatic heterocycles. The van der Waals surface area contributed by atoms with Crippen LogP contribution in [0.1, 0.15) is 26.4 Å². The number of fused-ring (bicyclic) bond motifs is 4. The molecule has 5 rings (SSSR count). The van der Waals surface area contributed by atoms with Gasteiger partial charge in [0.25, 0.3) is 21.8 Å². The van der Waals surface area contributed by atoms with Gasteiger partial charge in [0.05, 0.1) is 23.4 Å². The van der Waals surface area contributed by atoms with E-state index in [9.17, 15) is 22.8 Å². The van der Waals surface area contributed by atoms with Crippen LogP contribution in [0, 0.1) is 0 Å². The molecule has 2 N–H and O–H groups in total. The zero-order chi connectivity index (χ0) is 21.8. The number of nitrogens with zero attached hydrogens (tertiary/aromatic N) is 2. The Morgan fingerprint density at radius 1 is 1.03 bits per heavy atom. The highest BCUT2D eigenvalue weighted by molar-refractivity contribution is 7.90. The maximum Gasteiger partial charge on any atom is 0.269 e. The summed E-state index contributed by atoms with van der Waals surface area (Å²) >= 11 is 0. The molecule has 3 aromatic rings. The monoisotopic (exact) mass is 436 g/mol.